The van der Waals surface area contributed by atoms with Gasteiger partial charge in [-0.1, -0.05) is 24.0 Å². The molecule has 1 aliphatic heterocycles. The first-order valence-electron chi connectivity index (χ1n) is 11.9. The zero-order valence-electron chi connectivity index (χ0n) is 20.4. The summed E-state index contributed by atoms with van der Waals surface area (Å²) in [4.78, 5) is 13.1. The molecule has 1 heterocycles. The number of carboxylic acid groups (broad SMARTS) is 1. The Kier molecular flexibility index (Phi) is 8.31. The minimum Gasteiger partial charge on any atom is -0.491 e. The normalized spacial score (nSPS) is 15.1. The second kappa shape index (κ2) is 11.6. The first kappa shape index (κ1) is 26.4. The molecule has 1 aliphatic rings. The molecule has 0 spiro atoms. The molecule has 0 bridgehead atoms. The van der Waals surface area contributed by atoms with Gasteiger partial charge in [-0.15, -0.1) is 0 Å². The number of hydrogen-bond acceptors (Lipinski definition) is 6. The molecule has 0 saturated carbocycles. The predicted octanol–water partition coefficient (Wildman–Crippen LogP) is 2.04. The fourth-order valence-corrected chi connectivity index (χ4v) is 5.33. The first-order valence-corrected chi connectivity index (χ1v) is 13.3. The fraction of sp³-hybridized carbons (Fsp3) is 0.296. The molecule has 3 aromatic carbocycles. The molecule has 3 N–H and O–H groups in total. The molecule has 9 nitrogen and oxygen atoms in total. The van der Waals surface area contributed by atoms with E-state index in [2.05, 4.69) is 21.5 Å². The summed E-state index contributed by atoms with van der Waals surface area (Å²) >= 11 is 0. The Hall–Kier alpha value is -3.62. The quantitative estimate of drug-likeness (QED) is 0.387. The maximum absolute atomic E-state index is 12.4. The number of carboxylic acids is 1. The van der Waals surface area contributed by atoms with E-state index in [1.54, 1.807) is 0 Å². The number of fused-ring (bicyclic) bond motifs is 1. The summed E-state index contributed by atoms with van der Waals surface area (Å²) in [6.07, 6.45) is 0. The number of rotatable bonds is 8. The van der Waals surface area contributed by atoms with Crippen molar-refractivity contribution in [2.45, 2.75) is 13.0 Å². The van der Waals surface area contributed by atoms with Gasteiger partial charge in [-0.2, -0.15) is 17.4 Å². The van der Waals surface area contributed by atoms with Crippen LogP contribution in [0.4, 0.5) is 5.69 Å². The van der Waals surface area contributed by atoms with Gasteiger partial charge in [-0.3, -0.25) is 4.79 Å². The summed E-state index contributed by atoms with van der Waals surface area (Å²) in [5.41, 5.74) is 2.73. The second-order valence-electron chi connectivity index (χ2n) is 8.66. The molecule has 10 heteroatoms. The lowest BCUT2D eigenvalue weighted by Gasteiger charge is -2.35. The van der Waals surface area contributed by atoms with Gasteiger partial charge in [-0.05, 0) is 66.2 Å². The van der Waals surface area contributed by atoms with Gasteiger partial charge in [0.2, 0.25) is 0 Å². The van der Waals surface area contributed by atoms with Crippen molar-refractivity contribution >= 4 is 32.6 Å². The monoisotopic (exact) mass is 523 g/mol. The van der Waals surface area contributed by atoms with Crippen LogP contribution in [-0.4, -0.2) is 74.3 Å². The highest BCUT2D eigenvalue weighted by molar-refractivity contribution is 7.87. The molecule has 194 valence electrons. The highest BCUT2D eigenvalue weighted by atomic mass is 32.2. The van der Waals surface area contributed by atoms with Crippen LogP contribution in [0, 0.1) is 11.8 Å². The summed E-state index contributed by atoms with van der Waals surface area (Å²) < 4.78 is 33.7. The number of anilines is 1. The zero-order valence-corrected chi connectivity index (χ0v) is 21.2. The van der Waals surface area contributed by atoms with Gasteiger partial charge < -0.3 is 19.8 Å². The van der Waals surface area contributed by atoms with Crippen molar-refractivity contribution in [3.05, 3.63) is 71.8 Å². The van der Waals surface area contributed by atoms with Crippen molar-refractivity contribution < 1.29 is 28.2 Å². The van der Waals surface area contributed by atoms with Crippen LogP contribution in [0.2, 0.25) is 0 Å². The Morgan fingerprint density at radius 1 is 0.973 bits per heavy atom. The average Bonchev–Trinajstić information content (AvgIpc) is 2.90. The van der Waals surface area contributed by atoms with Gasteiger partial charge >= 0.3 is 5.97 Å². The molecular weight excluding hydrogens is 494 g/mol. The van der Waals surface area contributed by atoms with E-state index < -0.39 is 22.2 Å². The summed E-state index contributed by atoms with van der Waals surface area (Å²) in [5, 5.41) is 19.9. The van der Waals surface area contributed by atoms with E-state index in [0.717, 1.165) is 27.6 Å². The Labute approximate surface area is 216 Å². The predicted molar refractivity (Wildman–Crippen MR) is 142 cm³/mol. The number of hydrogen-bond donors (Lipinski definition) is 3. The van der Waals surface area contributed by atoms with Crippen LogP contribution in [0.5, 0.6) is 5.75 Å². The van der Waals surface area contributed by atoms with E-state index in [9.17, 15) is 13.2 Å². The number of nitrogens with zero attached hydrogens (tertiary/aromatic N) is 2. The molecule has 0 aliphatic carbocycles. The van der Waals surface area contributed by atoms with Crippen molar-refractivity contribution in [2.75, 3.05) is 44.3 Å². The highest BCUT2D eigenvalue weighted by Gasteiger charge is 2.29. The van der Waals surface area contributed by atoms with Crippen molar-refractivity contribution in [1.82, 2.24) is 9.03 Å². The van der Waals surface area contributed by atoms with Crippen LogP contribution in [0.1, 0.15) is 18.1 Å². The van der Waals surface area contributed by atoms with Crippen molar-refractivity contribution in [3.63, 3.8) is 0 Å². The molecule has 1 atom stereocenters. The Morgan fingerprint density at radius 2 is 1.59 bits per heavy atom. The van der Waals surface area contributed by atoms with Crippen molar-refractivity contribution in [3.8, 4) is 17.6 Å². The topological polar surface area (TPSA) is 119 Å². The number of piperazine rings is 1. The van der Waals surface area contributed by atoms with E-state index in [4.69, 9.17) is 14.9 Å². The number of ether oxygens (including phenoxy) is 1. The number of aliphatic hydroxyl groups is 1. The summed E-state index contributed by atoms with van der Waals surface area (Å²) in [6.45, 7) is 3.06. The maximum Gasteiger partial charge on any atom is 0.321 e. The molecule has 0 radical (unpaired) electrons. The van der Waals surface area contributed by atoms with Gasteiger partial charge in [0.15, 0.2) is 0 Å². The first-order chi connectivity index (χ1) is 17.7. The third-order valence-electron chi connectivity index (χ3n) is 6.03. The van der Waals surface area contributed by atoms with E-state index in [0.29, 0.717) is 18.8 Å². The van der Waals surface area contributed by atoms with Gasteiger partial charge in [0, 0.05) is 43.0 Å². The fourth-order valence-electron chi connectivity index (χ4n) is 3.99. The lowest BCUT2D eigenvalue weighted by atomic mass is 10.1. The van der Waals surface area contributed by atoms with Crippen LogP contribution in [-0.2, 0) is 15.0 Å². The van der Waals surface area contributed by atoms with Crippen LogP contribution in [0.3, 0.4) is 0 Å². The largest absolute Gasteiger partial charge is 0.491 e. The number of benzene rings is 3. The third kappa shape index (κ3) is 6.78. The van der Waals surface area contributed by atoms with E-state index in [1.165, 1.54) is 11.2 Å². The second-order valence-corrected chi connectivity index (χ2v) is 10.4. The standard InChI is InChI=1S/C27H29N3O6S/c1-20(27(32)33)28-37(34,35)30-14-12-29(13-15-30)25-9-5-21(6-10-25)2-3-22-4-7-24-19-26(36-17-16-31)11-8-23(24)18-22/h4-11,18-20,28,31H,12-17H2,1H3,(H,32,33)/t20-/m1/s1. The third-order valence-corrected chi connectivity index (χ3v) is 7.73. The molecule has 3 aromatic rings. The summed E-state index contributed by atoms with van der Waals surface area (Å²) in [7, 11) is -3.85. The van der Waals surface area contributed by atoms with Gasteiger partial charge in [-0.25, -0.2) is 0 Å². The maximum atomic E-state index is 12.4. The molecule has 0 unspecified atom stereocenters. The van der Waals surface area contributed by atoms with Crippen molar-refractivity contribution in [1.29, 1.82) is 0 Å². The number of aliphatic hydroxyl groups excluding tert-OH is 1. The van der Waals surface area contributed by atoms with Crippen LogP contribution < -0.4 is 14.4 Å². The zero-order chi connectivity index (χ0) is 26.4. The lowest BCUT2D eigenvalue weighted by molar-refractivity contribution is -0.138. The van der Waals surface area contributed by atoms with Gasteiger partial charge in [0.25, 0.3) is 10.2 Å². The van der Waals surface area contributed by atoms with Gasteiger partial charge in [0.05, 0.1) is 6.61 Å². The summed E-state index contributed by atoms with van der Waals surface area (Å²) in [6, 6.07) is 18.4. The van der Waals surface area contributed by atoms with Crippen molar-refractivity contribution in [2.24, 2.45) is 0 Å². The van der Waals surface area contributed by atoms with E-state index >= 15 is 0 Å². The molecular formula is C27H29N3O6S. The summed E-state index contributed by atoms with van der Waals surface area (Å²) in [5.74, 6) is 5.88. The molecule has 1 fully saturated rings. The number of nitrogens with one attached hydrogen (secondary N) is 1. The molecule has 0 amide bonds. The molecule has 0 aromatic heterocycles. The number of carbonyl (C=O) groups is 1. The SMILES string of the molecule is C[C@@H](NS(=O)(=O)N1CCN(c2ccc(C#Cc3ccc4cc(OCCO)ccc4c3)cc2)CC1)C(=O)O. The van der Waals surface area contributed by atoms with E-state index in [-0.39, 0.29) is 26.3 Å². The van der Waals surface area contributed by atoms with Gasteiger partial charge in [0.1, 0.15) is 18.4 Å². The van der Waals surface area contributed by atoms with Crippen LogP contribution in [0.25, 0.3) is 10.8 Å². The lowest BCUT2D eigenvalue weighted by Crippen LogP contribution is -2.54. The Balaban J connectivity index is 1.36. The highest BCUT2D eigenvalue weighted by Crippen LogP contribution is 2.22. The minimum atomic E-state index is -3.85. The molecule has 4 rings (SSSR count). The number of aliphatic carboxylic acids is 1. The average molecular weight is 524 g/mol. The minimum absolute atomic E-state index is 0.0260. The Bertz CT molecular complexity index is 1420. The smallest absolute Gasteiger partial charge is 0.321 e. The Morgan fingerprint density at radius 3 is 2.27 bits per heavy atom. The van der Waals surface area contributed by atoms with Crippen LogP contribution in [0.15, 0.2) is 60.7 Å². The van der Waals surface area contributed by atoms with E-state index in [1.807, 2.05) is 60.7 Å². The molecule has 1 saturated heterocycles. The molecule has 37 heavy (non-hydrogen) atoms. The van der Waals surface area contributed by atoms with Crippen LogP contribution >= 0.6 is 0 Å².